The number of hydrogen-bond donors (Lipinski definition) is 1. The van der Waals surface area contributed by atoms with Crippen LogP contribution in [0.3, 0.4) is 0 Å². The number of halogens is 1. The van der Waals surface area contributed by atoms with Crippen LogP contribution in [-0.4, -0.2) is 31.6 Å². The zero-order valence-corrected chi connectivity index (χ0v) is 11.2. The SMILES string of the molecule is Cc1ccc(N)c(N2CC(CS(=O)(=O)F)CC2=O)n1. The van der Waals surface area contributed by atoms with Crippen molar-refractivity contribution in [2.75, 3.05) is 22.9 Å². The summed E-state index contributed by atoms with van der Waals surface area (Å²) in [6.45, 7) is 1.87. The third-order valence-electron chi connectivity index (χ3n) is 2.94. The van der Waals surface area contributed by atoms with Gasteiger partial charge in [-0.1, -0.05) is 0 Å². The van der Waals surface area contributed by atoms with E-state index >= 15 is 0 Å². The molecule has 0 aromatic carbocycles. The van der Waals surface area contributed by atoms with Crippen molar-refractivity contribution in [2.24, 2.45) is 5.92 Å². The van der Waals surface area contributed by atoms with Gasteiger partial charge in [0.05, 0.1) is 11.4 Å². The van der Waals surface area contributed by atoms with Gasteiger partial charge >= 0.3 is 10.2 Å². The number of carbonyl (C=O) groups is 1. The number of nitrogens with zero attached hydrogens (tertiary/aromatic N) is 2. The summed E-state index contributed by atoms with van der Waals surface area (Å²) >= 11 is 0. The predicted molar refractivity (Wildman–Crippen MR) is 68.7 cm³/mol. The normalized spacial score (nSPS) is 20.0. The van der Waals surface area contributed by atoms with Crippen LogP contribution in [0.2, 0.25) is 0 Å². The van der Waals surface area contributed by atoms with Crippen LogP contribution in [0.4, 0.5) is 15.4 Å². The van der Waals surface area contributed by atoms with Crippen LogP contribution >= 0.6 is 0 Å². The highest BCUT2D eigenvalue weighted by molar-refractivity contribution is 7.86. The minimum Gasteiger partial charge on any atom is -0.396 e. The second-order valence-electron chi connectivity index (χ2n) is 4.65. The first-order valence-electron chi connectivity index (χ1n) is 5.72. The molecule has 1 aromatic rings. The van der Waals surface area contributed by atoms with E-state index in [-0.39, 0.29) is 18.9 Å². The molecule has 1 unspecified atom stereocenters. The molecule has 2 heterocycles. The summed E-state index contributed by atoms with van der Waals surface area (Å²) in [6, 6.07) is 3.34. The summed E-state index contributed by atoms with van der Waals surface area (Å²) in [5.74, 6) is -1.20. The molecule has 0 spiro atoms. The van der Waals surface area contributed by atoms with E-state index < -0.39 is 21.9 Å². The van der Waals surface area contributed by atoms with Crippen molar-refractivity contribution < 1.29 is 17.1 Å². The van der Waals surface area contributed by atoms with E-state index in [9.17, 15) is 17.1 Å². The van der Waals surface area contributed by atoms with Crippen LogP contribution in [0.1, 0.15) is 12.1 Å². The summed E-state index contributed by atoms with van der Waals surface area (Å²) in [5.41, 5.74) is 6.78. The molecule has 1 aromatic heterocycles. The molecule has 2 rings (SSSR count). The summed E-state index contributed by atoms with van der Waals surface area (Å²) in [5, 5.41) is 0. The zero-order valence-electron chi connectivity index (χ0n) is 10.3. The molecule has 1 saturated heterocycles. The number of nitrogens with two attached hydrogens (primary N) is 1. The maximum absolute atomic E-state index is 12.6. The van der Waals surface area contributed by atoms with E-state index in [0.29, 0.717) is 17.2 Å². The first-order valence-corrected chi connectivity index (χ1v) is 7.27. The molecule has 0 radical (unpaired) electrons. The molecular weight excluding hydrogens is 273 g/mol. The van der Waals surface area contributed by atoms with Crippen LogP contribution in [0.25, 0.3) is 0 Å². The first kappa shape index (κ1) is 13.7. The molecule has 1 aliphatic heterocycles. The van der Waals surface area contributed by atoms with Crippen molar-refractivity contribution >= 4 is 27.6 Å². The Hall–Kier alpha value is -1.70. The Morgan fingerprint density at radius 1 is 1.53 bits per heavy atom. The van der Waals surface area contributed by atoms with Gasteiger partial charge in [0.2, 0.25) is 5.91 Å². The average Bonchev–Trinajstić information content (AvgIpc) is 2.60. The lowest BCUT2D eigenvalue weighted by Crippen LogP contribution is -2.27. The van der Waals surface area contributed by atoms with Gasteiger partial charge in [-0.2, -0.15) is 8.42 Å². The molecule has 19 heavy (non-hydrogen) atoms. The van der Waals surface area contributed by atoms with Crippen LogP contribution in [0.5, 0.6) is 0 Å². The predicted octanol–water partition coefficient (Wildman–Crippen LogP) is 0.624. The molecule has 1 atom stereocenters. The average molecular weight is 287 g/mol. The van der Waals surface area contributed by atoms with Gasteiger partial charge in [-0.05, 0) is 19.1 Å². The Labute approximate surface area is 110 Å². The number of carbonyl (C=O) groups excluding carboxylic acids is 1. The molecule has 0 bridgehead atoms. The standard InChI is InChI=1S/C11H14FN3O3S/c1-7-2-3-9(13)11(14-7)15-5-8(4-10(15)16)6-19(12,17)18/h2-3,8H,4-6,13H2,1H3. The fourth-order valence-corrected chi connectivity index (χ4v) is 2.94. The van der Waals surface area contributed by atoms with Crippen molar-refractivity contribution in [3.05, 3.63) is 17.8 Å². The number of amides is 1. The topological polar surface area (TPSA) is 93.4 Å². The van der Waals surface area contributed by atoms with E-state index in [0.717, 1.165) is 0 Å². The number of aromatic nitrogens is 1. The van der Waals surface area contributed by atoms with Gasteiger partial charge in [-0.25, -0.2) is 4.98 Å². The molecule has 8 heteroatoms. The highest BCUT2D eigenvalue weighted by Gasteiger charge is 2.35. The highest BCUT2D eigenvalue weighted by Crippen LogP contribution is 2.28. The van der Waals surface area contributed by atoms with Crippen LogP contribution in [0, 0.1) is 12.8 Å². The summed E-state index contributed by atoms with van der Waals surface area (Å²) in [4.78, 5) is 17.3. The lowest BCUT2D eigenvalue weighted by atomic mass is 10.1. The molecule has 2 N–H and O–H groups in total. The van der Waals surface area contributed by atoms with E-state index in [1.165, 1.54) is 4.90 Å². The van der Waals surface area contributed by atoms with Crippen molar-refractivity contribution in [1.82, 2.24) is 4.98 Å². The zero-order chi connectivity index (χ0) is 14.2. The van der Waals surface area contributed by atoms with E-state index in [4.69, 9.17) is 5.73 Å². The number of anilines is 2. The number of pyridine rings is 1. The van der Waals surface area contributed by atoms with Crippen molar-refractivity contribution in [1.29, 1.82) is 0 Å². The lowest BCUT2D eigenvalue weighted by Gasteiger charge is -2.17. The largest absolute Gasteiger partial charge is 0.396 e. The van der Waals surface area contributed by atoms with Crippen LogP contribution in [0.15, 0.2) is 12.1 Å². The highest BCUT2D eigenvalue weighted by atomic mass is 32.3. The monoisotopic (exact) mass is 287 g/mol. The van der Waals surface area contributed by atoms with Gasteiger partial charge < -0.3 is 5.73 Å². The third kappa shape index (κ3) is 3.19. The van der Waals surface area contributed by atoms with Gasteiger partial charge in [-0.15, -0.1) is 3.89 Å². The first-order chi connectivity index (χ1) is 8.76. The van der Waals surface area contributed by atoms with Gasteiger partial charge in [0.1, 0.15) is 0 Å². The molecular formula is C11H14FN3O3S. The summed E-state index contributed by atoms with van der Waals surface area (Å²) in [6.07, 6.45) is -0.0157. The second kappa shape index (κ2) is 4.76. The van der Waals surface area contributed by atoms with Crippen molar-refractivity contribution in [3.8, 4) is 0 Å². The molecule has 104 valence electrons. The Balaban J connectivity index is 2.23. The number of hydrogen-bond acceptors (Lipinski definition) is 5. The molecule has 0 saturated carbocycles. The van der Waals surface area contributed by atoms with Crippen LogP contribution < -0.4 is 10.6 Å². The smallest absolute Gasteiger partial charge is 0.302 e. The van der Waals surface area contributed by atoms with E-state index in [1.807, 2.05) is 0 Å². The molecule has 6 nitrogen and oxygen atoms in total. The maximum atomic E-state index is 12.6. The van der Waals surface area contributed by atoms with Crippen molar-refractivity contribution in [2.45, 2.75) is 13.3 Å². The fraction of sp³-hybridized carbons (Fsp3) is 0.455. The summed E-state index contributed by atoms with van der Waals surface area (Å²) in [7, 11) is -4.59. The lowest BCUT2D eigenvalue weighted by molar-refractivity contribution is -0.117. The fourth-order valence-electron chi connectivity index (χ4n) is 2.15. The van der Waals surface area contributed by atoms with Crippen LogP contribution in [-0.2, 0) is 15.0 Å². The Morgan fingerprint density at radius 3 is 2.84 bits per heavy atom. The van der Waals surface area contributed by atoms with Gasteiger partial charge in [-0.3, -0.25) is 9.69 Å². The number of aryl methyl sites for hydroxylation is 1. The third-order valence-corrected chi connectivity index (χ3v) is 3.81. The quantitative estimate of drug-likeness (QED) is 0.823. The number of nitrogen functional groups attached to an aromatic ring is 1. The van der Waals surface area contributed by atoms with Gasteiger partial charge in [0, 0.05) is 24.6 Å². The number of rotatable bonds is 3. The molecule has 0 aliphatic carbocycles. The summed E-state index contributed by atoms with van der Waals surface area (Å²) < 4.78 is 33.9. The van der Waals surface area contributed by atoms with Gasteiger partial charge in [0.15, 0.2) is 5.82 Å². The Morgan fingerprint density at radius 2 is 2.21 bits per heavy atom. The molecule has 1 fully saturated rings. The van der Waals surface area contributed by atoms with E-state index in [2.05, 4.69) is 4.98 Å². The van der Waals surface area contributed by atoms with E-state index in [1.54, 1.807) is 19.1 Å². The second-order valence-corrected chi connectivity index (χ2v) is 6.06. The van der Waals surface area contributed by atoms with Crippen molar-refractivity contribution in [3.63, 3.8) is 0 Å². The van der Waals surface area contributed by atoms with Gasteiger partial charge in [0.25, 0.3) is 0 Å². The molecule has 1 aliphatic rings. The Kier molecular flexibility index (Phi) is 3.44. The minimum atomic E-state index is -4.59. The molecule has 1 amide bonds. The maximum Gasteiger partial charge on any atom is 0.302 e. The Bertz CT molecular complexity index is 618. The minimum absolute atomic E-state index is 0.0157.